The number of rotatable bonds is 4. The maximum Gasteiger partial charge on any atom is 0.184 e. The SMILES string of the molecule is COc1ccnc(Cn2cccn2)c1OC. The van der Waals surface area contributed by atoms with Gasteiger partial charge in [-0.15, -0.1) is 0 Å². The van der Waals surface area contributed by atoms with Gasteiger partial charge < -0.3 is 9.47 Å². The second-order valence-electron chi connectivity index (χ2n) is 3.20. The average molecular weight is 219 g/mol. The highest BCUT2D eigenvalue weighted by Crippen LogP contribution is 2.29. The van der Waals surface area contributed by atoms with E-state index in [1.54, 1.807) is 37.4 Å². The second-order valence-corrected chi connectivity index (χ2v) is 3.20. The van der Waals surface area contributed by atoms with Gasteiger partial charge in [-0.3, -0.25) is 9.67 Å². The normalized spacial score (nSPS) is 10.1. The molecule has 0 saturated carbocycles. The molecule has 84 valence electrons. The van der Waals surface area contributed by atoms with Crippen LogP contribution in [0.2, 0.25) is 0 Å². The Balaban J connectivity index is 2.33. The molecule has 0 aliphatic heterocycles. The van der Waals surface area contributed by atoms with Crippen LogP contribution < -0.4 is 9.47 Å². The van der Waals surface area contributed by atoms with E-state index < -0.39 is 0 Å². The summed E-state index contributed by atoms with van der Waals surface area (Å²) in [6, 6.07) is 3.64. The molecule has 0 aliphatic carbocycles. The summed E-state index contributed by atoms with van der Waals surface area (Å²) < 4.78 is 12.3. The summed E-state index contributed by atoms with van der Waals surface area (Å²) >= 11 is 0. The molecule has 0 spiro atoms. The van der Waals surface area contributed by atoms with Crippen LogP contribution in [0.4, 0.5) is 0 Å². The Morgan fingerprint density at radius 1 is 1.25 bits per heavy atom. The Morgan fingerprint density at radius 2 is 2.12 bits per heavy atom. The van der Waals surface area contributed by atoms with Gasteiger partial charge in [0.25, 0.3) is 0 Å². The summed E-state index contributed by atoms with van der Waals surface area (Å²) in [7, 11) is 3.21. The van der Waals surface area contributed by atoms with Crippen LogP contribution in [0, 0.1) is 0 Å². The molecular formula is C11H13N3O2. The van der Waals surface area contributed by atoms with Crippen molar-refractivity contribution in [2.45, 2.75) is 6.54 Å². The van der Waals surface area contributed by atoms with Gasteiger partial charge in [0, 0.05) is 24.7 Å². The molecule has 0 saturated heterocycles. The fraction of sp³-hybridized carbons (Fsp3) is 0.273. The van der Waals surface area contributed by atoms with Gasteiger partial charge in [0.15, 0.2) is 11.5 Å². The molecule has 16 heavy (non-hydrogen) atoms. The van der Waals surface area contributed by atoms with Crippen LogP contribution in [0.3, 0.4) is 0 Å². The predicted molar refractivity (Wildman–Crippen MR) is 58.7 cm³/mol. The molecule has 0 unspecified atom stereocenters. The van der Waals surface area contributed by atoms with E-state index in [1.807, 2.05) is 12.3 Å². The lowest BCUT2D eigenvalue weighted by Crippen LogP contribution is -2.05. The van der Waals surface area contributed by atoms with Crippen molar-refractivity contribution >= 4 is 0 Å². The summed E-state index contributed by atoms with van der Waals surface area (Å²) in [5.41, 5.74) is 0.797. The molecule has 0 amide bonds. The average Bonchev–Trinajstić information content (AvgIpc) is 2.81. The van der Waals surface area contributed by atoms with Crippen molar-refractivity contribution in [3.05, 3.63) is 36.4 Å². The molecule has 0 fully saturated rings. The van der Waals surface area contributed by atoms with Crippen molar-refractivity contribution in [1.82, 2.24) is 14.8 Å². The van der Waals surface area contributed by atoms with Crippen LogP contribution in [0.15, 0.2) is 30.7 Å². The number of nitrogens with zero attached hydrogens (tertiary/aromatic N) is 3. The van der Waals surface area contributed by atoms with Gasteiger partial charge in [-0.25, -0.2) is 0 Å². The Morgan fingerprint density at radius 3 is 2.75 bits per heavy atom. The smallest absolute Gasteiger partial charge is 0.184 e. The maximum atomic E-state index is 5.29. The molecule has 2 heterocycles. The van der Waals surface area contributed by atoms with Gasteiger partial charge in [-0.1, -0.05) is 0 Å². The molecule has 0 N–H and O–H groups in total. The lowest BCUT2D eigenvalue weighted by atomic mass is 10.3. The number of ether oxygens (including phenoxy) is 2. The van der Waals surface area contributed by atoms with E-state index in [-0.39, 0.29) is 0 Å². The molecule has 0 aromatic carbocycles. The Bertz CT molecular complexity index is 454. The summed E-state index contributed by atoms with van der Waals surface area (Å²) in [6.45, 7) is 0.563. The van der Waals surface area contributed by atoms with E-state index in [9.17, 15) is 0 Å². The third kappa shape index (κ3) is 1.98. The highest BCUT2D eigenvalue weighted by atomic mass is 16.5. The molecule has 0 atom stereocenters. The van der Waals surface area contributed by atoms with Crippen LogP contribution in [0.1, 0.15) is 5.69 Å². The van der Waals surface area contributed by atoms with Gasteiger partial charge in [-0.05, 0) is 6.07 Å². The van der Waals surface area contributed by atoms with Gasteiger partial charge in [-0.2, -0.15) is 5.10 Å². The molecule has 2 aromatic heterocycles. The van der Waals surface area contributed by atoms with Crippen molar-refractivity contribution in [2.24, 2.45) is 0 Å². The lowest BCUT2D eigenvalue weighted by Gasteiger charge is -2.11. The predicted octanol–water partition coefficient (Wildman–Crippen LogP) is 1.34. The zero-order valence-electron chi connectivity index (χ0n) is 9.25. The fourth-order valence-corrected chi connectivity index (χ4v) is 1.51. The van der Waals surface area contributed by atoms with Crippen molar-refractivity contribution in [1.29, 1.82) is 0 Å². The molecule has 0 bridgehead atoms. The molecular weight excluding hydrogens is 206 g/mol. The minimum absolute atomic E-state index is 0.563. The minimum atomic E-state index is 0.563. The third-order valence-electron chi connectivity index (χ3n) is 2.24. The monoisotopic (exact) mass is 219 g/mol. The van der Waals surface area contributed by atoms with E-state index in [0.29, 0.717) is 18.0 Å². The summed E-state index contributed by atoms with van der Waals surface area (Å²) in [5, 5.41) is 4.12. The third-order valence-corrected chi connectivity index (χ3v) is 2.24. The van der Waals surface area contributed by atoms with Gasteiger partial charge in [0.1, 0.15) is 5.69 Å². The summed E-state index contributed by atoms with van der Waals surface area (Å²) in [5.74, 6) is 1.33. The van der Waals surface area contributed by atoms with E-state index in [4.69, 9.17) is 9.47 Å². The van der Waals surface area contributed by atoms with E-state index in [1.165, 1.54) is 0 Å². The number of aromatic nitrogens is 3. The first kappa shape index (κ1) is 10.5. The van der Waals surface area contributed by atoms with Crippen molar-refractivity contribution in [2.75, 3.05) is 14.2 Å². The van der Waals surface area contributed by atoms with Gasteiger partial charge in [0.2, 0.25) is 0 Å². The van der Waals surface area contributed by atoms with Crippen LogP contribution in [-0.2, 0) is 6.54 Å². The van der Waals surface area contributed by atoms with Crippen molar-refractivity contribution in [3.8, 4) is 11.5 Å². The van der Waals surface area contributed by atoms with Crippen LogP contribution in [0.25, 0.3) is 0 Å². The zero-order chi connectivity index (χ0) is 11.4. The zero-order valence-corrected chi connectivity index (χ0v) is 9.25. The summed E-state index contributed by atoms with van der Waals surface area (Å²) in [4.78, 5) is 4.27. The number of pyridine rings is 1. The largest absolute Gasteiger partial charge is 0.493 e. The summed E-state index contributed by atoms with van der Waals surface area (Å²) in [6.07, 6.45) is 5.30. The van der Waals surface area contributed by atoms with Crippen molar-refractivity contribution < 1.29 is 9.47 Å². The maximum absolute atomic E-state index is 5.29. The van der Waals surface area contributed by atoms with Crippen LogP contribution in [-0.4, -0.2) is 29.0 Å². The fourth-order valence-electron chi connectivity index (χ4n) is 1.51. The van der Waals surface area contributed by atoms with Crippen molar-refractivity contribution in [3.63, 3.8) is 0 Å². The molecule has 0 aliphatic rings. The van der Waals surface area contributed by atoms with Crippen LogP contribution >= 0.6 is 0 Å². The molecule has 2 aromatic rings. The number of methoxy groups -OCH3 is 2. The Labute approximate surface area is 93.6 Å². The second kappa shape index (κ2) is 4.65. The highest BCUT2D eigenvalue weighted by Gasteiger charge is 2.11. The molecule has 5 heteroatoms. The Hall–Kier alpha value is -2.04. The highest BCUT2D eigenvalue weighted by molar-refractivity contribution is 5.42. The number of hydrogen-bond acceptors (Lipinski definition) is 4. The van der Waals surface area contributed by atoms with Gasteiger partial charge in [0.05, 0.1) is 20.8 Å². The molecule has 5 nitrogen and oxygen atoms in total. The van der Waals surface area contributed by atoms with Crippen LogP contribution in [0.5, 0.6) is 11.5 Å². The number of hydrogen-bond donors (Lipinski definition) is 0. The van der Waals surface area contributed by atoms with Gasteiger partial charge >= 0.3 is 0 Å². The quantitative estimate of drug-likeness (QED) is 0.778. The first-order chi connectivity index (χ1) is 7.85. The standard InChI is InChI=1S/C11H13N3O2/c1-15-10-4-6-12-9(11(10)16-2)8-14-7-3-5-13-14/h3-7H,8H2,1-2H3. The lowest BCUT2D eigenvalue weighted by molar-refractivity contribution is 0.348. The first-order valence-electron chi connectivity index (χ1n) is 4.88. The molecule has 0 radical (unpaired) electrons. The van der Waals surface area contributed by atoms with E-state index >= 15 is 0 Å². The van der Waals surface area contributed by atoms with E-state index in [2.05, 4.69) is 10.1 Å². The Kier molecular flexibility index (Phi) is 3.05. The van der Waals surface area contributed by atoms with E-state index in [0.717, 1.165) is 5.69 Å². The molecule has 2 rings (SSSR count). The first-order valence-corrected chi connectivity index (χ1v) is 4.88. The minimum Gasteiger partial charge on any atom is -0.493 e. The topological polar surface area (TPSA) is 49.2 Å².